The van der Waals surface area contributed by atoms with Crippen molar-refractivity contribution >= 4 is 0 Å². The highest BCUT2D eigenvalue weighted by Gasteiger charge is 2.22. The lowest BCUT2D eigenvalue weighted by Crippen LogP contribution is -2.28. The lowest BCUT2D eigenvalue weighted by Gasteiger charge is -2.18. The number of aliphatic hydroxyl groups excluding tert-OH is 1. The van der Waals surface area contributed by atoms with Gasteiger partial charge in [0.2, 0.25) is 0 Å². The first kappa shape index (κ1) is 11.1. The van der Waals surface area contributed by atoms with Gasteiger partial charge in [-0.15, -0.1) is 0 Å². The first-order chi connectivity index (χ1) is 6.57. The zero-order chi connectivity index (χ0) is 10.7. The van der Waals surface area contributed by atoms with Crippen molar-refractivity contribution in [1.82, 2.24) is 0 Å². The summed E-state index contributed by atoms with van der Waals surface area (Å²) in [7, 11) is 0. The molecule has 0 fully saturated rings. The maximum absolute atomic E-state index is 13.1. The van der Waals surface area contributed by atoms with Gasteiger partial charge in [-0.05, 0) is 18.6 Å². The third-order valence-corrected chi connectivity index (χ3v) is 2.17. The number of hydrogen-bond acceptors (Lipinski definition) is 2. The van der Waals surface area contributed by atoms with E-state index in [0.29, 0.717) is 6.42 Å². The van der Waals surface area contributed by atoms with Crippen LogP contribution in [0.4, 0.5) is 8.78 Å². The minimum atomic E-state index is -1.29. The molecule has 0 saturated heterocycles. The van der Waals surface area contributed by atoms with Crippen LogP contribution in [0, 0.1) is 11.6 Å². The second kappa shape index (κ2) is 4.48. The molecule has 0 heterocycles. The maximum Gasteiger partial charge on any atom is 0.132 e. The zero-order valence-corrected chi connectivity index (χ0v) is 7.87. The zero-order valence-electron chi connectivity index (χ0n) is 7.87. The predicted molar refractivity (Wildman–Crippen MR) is 49.6 cm³/mol. The fraction of sp³-hybridized carbons (Fsp3) is 0.400. The molecule has 0 unspecified atom stereocenters. The molecular formula is C10H13F2NO. The van der Waals surface area contributed by atoms with Crippen LogP contribution in [-0.4, -0.2) is 11.1 Å². The Labute approximate surface area is 81.4 Å². The number of benzene rings is 1. The van der Waals surface area contributed by atoms with E-state index in [2.05, 4.69) is 0 Å². The minimum Gasteiger partial charge on any atom is -0.387 e. The fourth-order valence-corrected chi connectivity index (χ4v) is 1.23. The average Bonchev–Trinajstić information content (AvgIpc) is 2.16. The monoisotopic (exact) mass is 201 g/mol. The summed E-state index contributed by atoms with van der Waals surface area (Å²) >= 11 is 0. The second-order valence-corrected chi connectivity index (χ2v) is 3.15. The van der Waals surface area contributed by atoms with Crippen LogP contribution in [-0.2, 0) is 0 Å². The summed E-state index contributed by atoms with van der Waals surface area (Å²) in [6.07, 6.45) is -0.837. The first-order valence-corrected chi connectivity index (χ1v) is 4.45. The Balaban J connectivity index is 3.05. The van der Waals surface area contributed by atoms with Gasteiger partial charge in [0.25, 0.3) is 0 Å². The minimum absolute atomic E-state index is 0.346. The molecule has 0 saturated carbocycles. The molecule has 0 aromatic heterocycles. The summed E-state index contributed by atoms with van der Waals surface area (Å²) in [5.41, 5.74) is 5.16. The molecule has 1 aromatic rings. The number of rotatable bonds is 3. The van der Waals surface area contributed by atoms with Gasteiger partial charge < -0.3 is 10.8 Å². The summed E-state index contributed by atoms with van der Waals surface area (Å²) in [4.78, 5) is 0. The van der Waals surface area contributed by atoms with Crippen molar-refractivity contribution in [2.45, 2.75) is 25.5 Å². The Morgan fingerprint density at radius 2 is 1.86 bits per heavy atom. The number of aliphatic hydroxyl groups is 1. The Bertz CT molecular complexity index is 297. The van der Waals surface area contributed by atoms with E-state index in [0.717, 1.165) is 12.1 Å². The van der Waals surface area contributed by atoms with E-state index in [1.165, 1.54) is 6.07 Å². The lowest BCUT2D eigenvalue weighted by atomic mass is 10.00. The quantitative estimate of drug-likeness (QED) is 0.782. The van der Waals surface area contributed by atoms with Gasteiger partial charge >= 0.3 is 0 Å². The van der Waals surface area contributed by atoms with Gasteiger partial charge in [0.05, 0.1) is 11.7 Å². The van der Waals surface area contributed by atoms with E-state index in [9.17, 15) is 13.9 Å². The number of halogens is 2. The predicted octanol–water partition coefficient (Wildman–Crippen LogP) is 1.74. The molecule has 0 radical (unpaired) electrons. The fourth-order valence-electron chi connectivity index (χ4n) is 1.23. The average molecular weight is 201 g/mol. The Morgan fingerprint density at radius 1 is 1.36 bits per heavy atom. The van der Waals surface area contributed by atoms with Crippen LogP contribution >= 0.6 is 0 Å². The molecule has 3 N–H and O–H groups in total. The molecule has 0 aliphatic heterocycles. The summed E-state index contributed by atoms with van der Waals surface area (Å²) in [5.74, 6) is -1.53. The van der Waals surface area contributed by atoms with Crippen LogP contribution in [0.15, 0.2) is 18.2 Å². The van der Waals surface area contributed by atoms with E-state index in [1.807, 2.05) is 0 Å². The third-order valence-electron chi connectivity index (χ3n) is 2.17. The van der Waals surface area contributed by atoms with Crippen LogP contribution in [0.1, 0.15) is 25.0 Å². The molecule has 0 bridgehead atoms. The van der Waals surface area contributed by atoms with Crippen molar-refractivity contribution in [3.63, 3.8) is 0 Å². The topological polar surface area (TPSA) is 46.2 Å². The molecule has 2 atom stereocenters. The van der Waals surface area contributed by atoms with Crippen LogP contribution < -0.4 is 5.73 Å². The Hall–Kier alpha value is -1.00. The highest BCUT2D eigenvalue weighted by Crippen LogP contribution is 2.23. The van der Waals surface area contributed by atoms with Crippen molar-refractivity contribution in [3.05, 3.63) is 35.4 Å². The Kier molecular flexibility index (Phi) is 3.55. The van der Waals surface area contributed by atoms with Crippen molar-refractivity contribution in [2.24, 2.45) is 5.73 Å². The highest BCUT2D eigenvalue weighted by atomic mass is 19.1. The lowest BCUT2D eigenvalue weighted by molar-refractivity contribution is 0.135. The van der Waals surface area contributed by atoms with Crippen molar-refractivity contribution in [3.8, 4) is 0 Å². The van der Waals surface area contributed by atoms with E-state index < -0.39 is 23.8 Å². The van der Waals surface area contributed by atoms with Crippen LogP contribution in [0.2, 0.25) is 0 Å². The summed E-state index contributed by atoms with van der Waals surface area (Å²) in [5, 5.41) is 9.55. The van der Waals surface area contributed by atoms with Crippen LogP contribution in [0.25, 0.3) is 0 Å². The van der Waals surface area contributed by atoms with Crippen molar-refractivity contribution < 1.29 is 13.9 Å². The highest BCUT2D eigenvalue weighted by molar-refractivity contribution is 5.23. The third kappa shape index (κ3) is 2.08. The Morgan fingerprint density at radius 3 is 2.29 bits per heavy atom. The van der Waals surface area contributed by atoms with Crippen LogP contribution in [0.3, 0.4) is 0 Å². The van der Waals surface area contributed by atoms with E-state index in [4.69, 9.17) is 5.73 Å². The largest absolute Gasteiger partial charge is 0.387 e. The number of hydrogen-bond donors (Lipinski definition) is 2. The SMILES string of the molecule is CC[C@H](N)[C@H](O)c1c(F)cccc1F. The summed E-state index contributed by atoms with van der Waals surface area (Å²) in [6.45, 7) is 1.74. The molecule has 78 valence electrons. The first-order valence-electron chi connectivity index (χ1n) is 4.45. The molecule has 0 amide bonds. The molecule has 1 rings (SSSR count). The van der Waals surface area contributed by atoms with E-state index in [-0.39, 0.29) is 5.56 Å². The van der Waals surface area contributed by atoms with Crippen molar-refractivity contribution in [2.75, 3.05) is 0 Å². The smallest absolute Gasteiger partial charge is 0.132 e. The van der Waals surface area contributed by atoms with Gasteiger partial charge in [0.15, 0.2) is 0 Å². The molecule has 4 heteroatoms. The van der Waals surface area contributed by atoms with E-state index >= 15 is 0 Å². The van der Waals surface area contributed by atoms with Crippen molar-refractivity contribution in [1.29, 1.82) is 0 Å². The molecule has 1 aromatic carbocycles. The normalized spacial score (nSPS) is 15.2. The molecular weight excluding hydrogens is 188 g/mol. The van der Waals surface area contributed by atoms with Gasteiger partial charge in [0, 0.05) is 6.04 Å². The molecule has 0 aliphatic rings. The van der Waals surface area contributed by atoms with Crippen LogP contribution in [0.5, 0.6) is 0 Å². The molecule has 2 nitrogen and oxygen atoms in total. The summed E-state index contributed by atoms with van der Waals surface area (Å²) in [6, 6.07) is 2.80. The standard InChI is InChI=1S/C10H13F2NO/c1-2-8(13)10(14)9-6(11)4-3-5-7(9)12/h3-5,8,10,14H,2,13H2,1H3/t8-,10-/m0/s1. The number of nitrogens with two attached hydrogens (primary N) is 1. The van der Waals surface area contributed by atoms with E-state index in [1.54, 1.807) is 6.92 Å². The second-order valence-electron chi connectivity index (χ2n) is 3.15. The summed E-state index contributed by atoms with van der Waals surface area (Å²) < 4.78 is 26.3. The molecule has 0 spiro atoms. The van der Waals surface area contributed by atoms with Gasteiger partial charge in [-0.2, -0.15) is 0 Å². The molecule has 0 aliphatic carbocycles. The van der Waals surface area contributed by atoms with Gasteiger partial charge in [-0.25, -0.2) is 8.78 Å². The van der Waals surface area contributed by atoms with Gasteiger partial charge in [0.1, 0.15) is 11.6 Å². The maximum atomic E-state index is 13.1. The van der Waals surface area contributed by atoms with Gasteiger partial charge in [-0.3, -0.25) is 0 Å². The van der Waals surface area contributed by atoms with Gasteiger partial charge in [-0.1, -0.05) is 13.0 Å². The molecule has 14 heavy (non-hydrogen) atoms.